The van der Waals surface area contributed by atoms with Crippen molar-refractivity contribution in [3.63, 3.8) is 0 Å². The third-order valence-corrected chi connectivity index (χ3v) is 6.07. The zero-order chi connectivity index (χ0) is 21.1. The number of amides is 1. The van der Waals surface area contributed by atoms with Crippen LogP contribution in [0, 0.1) is 0 Å². The van der Waals surface area contributed by atoms with E-state index < -0.39 is 0 Å². The molecule has 1 aromatic heterocycles. The lowest BCUT2D eigenvalue weighted by Gasteiger charge is -2.13. The number of nitrogens with one attached hydrogen (secondary N) is 1. The van der Waals surface area contributed by atoms with E-state index in [1.807, 2.05) is 74.5 Å². The molecule has 0 saturated carbocycles. The molecule has 4 rings (SSSR count). The van der Waals surface area contributed by atoms with Crippen LogP contribution in [0.3, 0.4) is 0 Å². The van der Waals surface area contributed by atoms with Gasteiger partial charge in [0.15, 0.2) is 0 Å². The summed E-state index contributed by atoms with van der Waals surface area (Å²) in [6.07, 6.45) is 0. The van der Waals surface area contributed by atoms with Crippen LogP contribution in [-0.2, 0) is 13.1 Å². The highest BCUT2D eigenvalue weighted by molar-refractivity contribution is 7.99. The Hall–Kier alpha value is -3.25. The van der Waals surface area contributed by atoms with E-state index in [1.54, 1.807) is 33.0 Å². The van der Waals surface area contributed by atoms with E-state index in [0.29, 0.717) is 24.3 Å². The predicted molar refractivity (Wildman–Crippen MR) is 123 cm³/mol. The first-order valence-corrected chi connectivity index (χ1v) is 10.8. The Kier molecular flexibility index (Phi) is 5.77. The van der Waals surface area contributed by atoms with E-state index in [4.69, 9.17) is 0 Å². The fraction of sp³-hybridized carbons (Fsp3) is 0.167. The summed E-state index contributed by atoms with van der Waals surface area (Å²) < 4.78 is 3.52. The number of carbonyl (C=O) groups excluding carboxylic acids is 1. The number of hydrogen-bond acceptors (Lipinski definition) is 3. The Labute approximate surface area is 179 Å². The summed E-state index contributed by atoms with van der Waals surface area (Å²) in [6, 6.07) is 23.1. The van der Waals surface area contributed by atoms with Crippen molar-refractivity contribution >= 4 is 34.4 Å². The molecule has 1 N–H and O–H groups in total. The van der Waals surface area contributed by atoms with Crippen molar-refractivity contribution in [3.05, 3.63) is 88.8 Å². The van der Waals surface area contributed by atoms with Crippen LogP contribution < -0.4 is 11.0 Å². The maximum Gasteiger partial charge on any atom is 0.329 e. The Morgan fingerprint density at radius 1 is 0.867 bits per heavy atom. The molecule has 0 atom stereocenters. The van der Waals surface area contributed by atoms with Gasteiger partial charge in [-0.05, 0) is 50.2 Å². The van der Waals surface area contributed by atoms with Gasteiger partial charge in [-0.3, -0.25) is 13.9 Å². The number of hydrogen-bond donors (Lipinski definition) is 1. The topological polar surface area (TPSA) is 56.0 Å². The van der Waals surface area contributed by atoms with Crippen molar-refractivity contribution in [1.82, 2.24) is 9.13 Å². The molecular weight excluding hydrogens is 394 g/mol. The molecule has 0 aliphatic rings. The summed E-state index contributed by atoms with van der Waals surface area (Å²) in [5.41, 5.74) is 2.95. The number of benzene rings is 3. The van der Waals surface area contributed by atoms with E-state index in [-0.39, 0.29) is 11.6 Å². The maximum atomic E-state index is 12.8. The number of anilines is 1. The number of aromatic nitrogens is 2. The molecule has 3 aromatic carbocycles. The predicted octanol–water partition coefficient (Wildman–Crippen LogP) is 5.25. The third-order valence-electron chi connectivity index (χ3n) is 5.01. The van der Waals surface area contributed by atoms with Crippen molar-refractivity contribution in [3.8, 4) is 0 Å². The zero-order valence-corrected chi connectivity index (χ0v) is 17.8. The van der Waals surface area contributed by atoms with Crippen molar-refractivity contribution < 1.29 is 4.79 Å². The fourth-order valence-electron chi connectivity index (χ4n) is 3.53. The molecule has 0 saturated heterocycles. The van der Waals surface area contributed by atoms with Gasteiger partial charge in [-0.15, -0.1) is 0 Å². The number of nitrogens with zero attached hydrogens (tertiary/aromatic N) is 2. The molecule has 152 valence electrons. The van der Waals surface area contributed by atoms with Gasteiger partial charge in [0.05, 0.1) is 16.7 Å². The fourth-order valence-corrected chi connectivity index (χ4v) is 4.47. The Balaban J connectivity index is 1.85. The Morgan fingerprint density at radius 3 is 2.03 bits per heavy atom. The van der Waals surface area contributed by atoms with Crippen LogP contribution in [-0.4, -0.2) is 15.0 Å². The second-order valence-corrected chi connectivity index (χ2v) is 7.96. The molecule has 0 bridgehead atoms. The van der Waals surface area contributed by atoms with E-state index in [2.05, 4.69) is 5.32 Å². The number of fused-ring (bicyclic) bond motifs is 1. The standard InChI is InChI=1S/C24H23N3O2S/c1-3-26-20-15-19(25-23(28)17-11-7-5-8-12-17)22(30-18-13-9-6-10-14-18)16-21(20)27(4-2)24(26)29/h5-16H,3-4H2,1-2H3,(H,25,28). The van der Waals surface area contributed by atoms with Gasteiger partial charge >= 0.3 is 5.69 Å². The van der Waals surface area contributed by atoms with Crippen LogP contribution in [0.2, 0.25) is 0 Å². The molecule has 4 aromatic rings. The first-order chi connectivity index (χ1) is 14.6. The molecule has 1 amide bonds. The summed E-state index contributed by atoms with van der Waals surface area (Å²) in [5, 5.41) is 3.05. The minimum Gasteiger partial charge on any atom is -0.321 e. The van der Waals surface area contributed by atoms with Gasteiger partial charge < -0.3 is 5.32 Å². The van der Waals surface area contributed by atoms with Crippen LogP contribution >= 0.6 is 11.8 Å². The van der Waals surface area contributed by atoms with E-state index in [9.17, 15) is 9.59 Å². The average Bonchev–Trinajstić information content (AvgIpc) is 3.04. The minimum absolute atomic E-state index is 0.0304. The summed E-state index contributed by atoms with van der Waals surface area (Å²) >= 11 is 1.57. The monoisotopic (exact) mass is 417 g/mol. The Bertz CT molecular complexity index is 1240. The van der Waals surface area contributed by atoms with E-state index in [0.717, 1.165) is 20.8 Å². The molecule has 0 radical (unpaired) electrons. The second kappa shape index (κ2) is 8.63. The van der Waals surface area contributed by atoms with Gasteiger partial charge in [0.25, 0.3) is 5.91 Å². The highest BCUT2D eigenvalue weighted by Gasteiger charge is 2.17. The molecule has 6 heteroatoms. The molecule has 0 spiro atoms. The summed E-state index contributed by atoms with van der Waals surface area (Å²) in [4.78, 5) is 27.6. The Morgan fingerprint density at radius 2 is 1.43 bits per heavy atom. The van der Waals surface area contributed by atoms with Crippen LogP contribution in [0.5, 0.6) is 0 Å². The molecule has 5 nitrogen and oxygen atoms in total. The highest BCUT2D eigenvalue weighted by Crippen LogP contribution is 2.36. The van der Waals surface area contributed by atoms with Gasteiger partial charge in [0, 0.05) is 28.4 Å². The van der Waals surface area contributed by atoms with Crippen LogP contribution in [0.4, 0.5) is 5.69 Å². The molecular formula is C24H23N3O2S. The quantitative estimate of drug-likeness (QED) is 0.466. The lowest BCUT2D eigenvalue weighted by molar-refractivity contribution is 0.102. The normalized spacial score (nSPS) is 11.0. The first kappa shape index (κ1) is 20.0. The molecule has 0 unspecified atom stereocenters. The average molecular weight is 418 g/mol. The minimum atomic E-state index is -0.176. The summed E-state index contributed by atoms with van der Waals surface area (Å²) in [6.45, 7) is 5.08. The van der Waals surface area contributed by atoms with Crippen molar-refractivity contribution in [2.45, 2.75) is 36.7 Å². The number of aryl methyl sites for hydroxylation is 2. The van der Waals surface area contributed by atoms with Gasteiger partial charge in [0.1, 0.15) is 0 Å². The molecule has 0 fully saturated rings. The largest absolute Gasteiger partial charge is 0.329 e. The van der Waals surface area contributed by atoms with E-state index in [1.165, 1.54) is 0 Å². The zero-order valence-electron chi connectivity index (χ0n) is 17.0. The van der Waals surface area contributed by atoms with Gasteiger partial charge in [-0.2, -0.15) is 0 Å². The molecule has 30 heavy (non-hydrogen) atoms. The summed E-state index contributed by atoms with van der Waals surface area (Å²) in [5.74, 6) is -0.176. The van der Waals surface area contributed by atoms with Gasteiger partial charge in [-0.25, -0.2) is 4.79 Å². The third kappa shape index (κ3) is 3.78. The first-order valence-electron chi connectivity index (χ1n) is 9.98. The smallest absolute Gasteiger partial charge is 0.321 e. The van der Waals surface area contributed by atoms with Crippen LogP contribution in [0.25, 0.3) is 11.0 Å². The molecule has 0 aliphatic carbocycles. The molecule has 0 aliphatic heterocycles. The van der Waals surface area contributed by atoms with Crippen LogP contribution in [0.15, 0.2) is 87.4 Å². The second-order valence-electron chi connectivity index (χ2n) is 6.84. The SMILES string of the molecule is CCn1c(=O)n(CC)c2cc(Sc3ccccc3)c(NC(=O)c3ccccc3)cc21. The van der Waals surface area contributed by atoms with Gasteiger partial charge in [0.2, 0.25) is 0 Å². The highest BCUT2D eigenvalue weighted by atomic mass is 32.2. The van der Waals surface area contributed by atoms with Gasteiger partial charge in [-0.1, -0.05) is 48.2 Å². The van der Waals surface area contributed by atoms with E-state index >= 15 is 0 Å². The maximum absolute atomic E-state index is 12.8. The van der Waals surface area contributed by atoms with Crippen molar-refractivity contribution in [1.29, 1.82) is 0 Å². The molecule has 1 heterocycles. The number of imidazole rings is 1. The lowest BCUT2D eigenvalue weighted by atomic mass is 10.2. The number of carbonyl (C=O) groups is 1. The van der Waals surface area contributed by atoms with Crippen molar-refractivity contribution in [2.24, 2.45) is 0 Å². The van der Waals surface area contributed by atoms with Crippen molar-refractivity contribution in [2.75, 3.05) is 5.32 Å². The van der Waals surface area contributed by atoms with Crippen LogP contribution in [0.1, 0.15) is 24.2 Å². The lowest BCUT2D eigenvalue weighted by Crippen LogP contribution is -2.23. The summed E-state index contributed by atoms with van der Waals surface area (Å²) in [7, 11) is 0. The number of rotatable bonds is 6.